The van der Waals surface area contributed by atoms with Gasteiger partial charge >= 0.3 is 0 Å². The van der Waals surface area contributed by atoms with Crippen molar-refractivity contribution in [2.75, 3.05) is 22.3 Å². The van der Waals surface area contributed by atoms with Crippen LogP contribution in [0.4, 0.5) is 11.6 Å². The van der Waals surface area contributed by atoms with Gasteiger partial charge < -0.3 is 11.2 Å². The van der Waals surface area contributed by atoms with Gasteiger partial charge in [0.2, 0.25) is 11.1 Å². The monoisotopic (exact) mass is 410 g/mol. The fraction of sp³-hybridized carbons (Fsp3) is 0.211. The molecule has 9 nitrogen and oxygen atoms in total. The number of rotatable bonds is 7. The van der Waals surface area contributed by atoms with Crippen LogP contribution in [-0.2, 0) is 4.79 Å². The molecule has 0 spiro atoms. The summed E-state index contributed by atoms with van der Waals surface area (Å²) < 4.78 is 1.26. The molecular weight excluding hydrogens is 388 g/mol. The number of hydrogen-bond donors (Lipinski definition) is 3. The largest absolute Gasteiger partial charge is 0.334 e. The number of anilines is 2. The van der Waals surface area contributed by atoms with E-state index in [1.54, 1.807) is 12.4 Å². The molecule has 4 N–H and O–H groups in total. The highest BCUT2D eigenvalue weighted by Gasteiger charge is 2.12. The summed E-state index contributed by atoms with van der Waals surface area (Å²) in [5.74, 6) is 6.28. The van der Waals surface area contributed by atoms with Crippen molar-refractivity contribution in [3.8, 4) is 0 Å². The average Bonchev–Trinajstić information content (AvgIpc) is 3.07. The zero-order valence-electron chi connectivity index (χ0n) is 16.4. The van der Waals surface area contributed by atoms with Crippen molar-refractivity contribution in [3.05, 3.63) is 59.4 Å². The van der Waals surface area contributed by atoms with Gasteiger partial charge in [0.05, 0.1) is 11.5 Å². The maximum atomic E-state index is 12.2. The van der Waals surface area contributed by atoms with Crippen molar-refractivity contribution < 1.29 is 4.79 Å². The maximum absolute atomic E-state index is 12.2. The minimum atomic E-state index is -0.151. The first kappa shape index (κ1) is 20.3. The lowest BCUT2D eigenvalue weighted by atomic mass is 10.1. The second kappa shape index (κ2) is 9.20. The van der Waals surface area contributed by atoms with Gasteiger partial charge in [-0.1, -0.05) is 17.8 Å². The van der Waals surface area contributed by atoms with Crippen LogP contribution in [0.1, 0.15) is 23.6 Å². The number of carbonyl (C=O) groups excluding carboxylic acids is 1. The van der Waals surface area contributed by atoms with Crippen LogP contribution in [0.25, 0.3) is 0 Å². The Bertz CT molecular complexity index is 1030. The Labute approximate surface area is 172 Å². The fourth-order valence-corrected chi connectivity index (χ4v) is 3.05. The molecule has 1 aromatic carbocycles. The highest BCUT2D eigenvalue weighted by atomic mass is 32.2. The van der Waals surface area contributed by atoms with E-state index in [9.17, 15) is 4.79 Å². The molecule has 0 saturated heterocycles. The summed E-state index contributed by atoms with van der Waals surface area (Å²) in [7, 11) is 0. The van der Waals surface area contributed by atoms with Crippen molar-refractivity contribution in [3.63, 3.8) is 0 Å². The van der Waals surface area contributed by atoms with E-state index >= 15 is 0 Å². The fourth-order valence-electron chi connectivity index (χ4n) is 2.39. The van der Waals surface area contributed by atoms with Crippen LogP contribution in [0.15, 0.2) is 53.0 Å². The van der Waals surface area contributed by atoms with E-state index in [1.807, 2.05) is 51.1 Å². The number of carbonyl (C=O) groups is 1. The van der Waals surface area contributed by atoms with E-state index in [0.29, 0.717) is 5.16 Å². The third-order valence-electron chi connectivity index (χ3n) is 4.21. The Morgan fingerprint density at radius 1 is 1.17 bits per heavy atom. The van der Waals surface area contributed by atoms with Crippen molar-refractivity contribution >= 4 is 35.0 Å². The second-order valence-electron chi connectivity index (χ2n) is 6.36. The third-order valence-corrected chi connectivity index (χ3v) is 5.15. The molecule has 29 heavy (non-hydrogen) atoms. The highest BCUT2D eigenvalue weighted by molar-refractivity contribution is 7.99. The number of nitrogens with zero attached hydrogens (tertiary/aromatic N) is 5. The van der Waals surface area contributed by atoms with E-state index in [2.05, 4.69) is 31.0 Å². The molecule has 0 aliphatic heterocycles. The Morgan fingerprint density at radius 2 is 1.93 bits per heavy atom. The quantitative estimate of drug-likeness (QED) is 0.237. The normalized spacial score (nSPS) is 11.3. The maximum Gasteiger partial charge on any atom is 0.264 e. The van der Waals surface area contributed by atoms with E-state index < -0.39 is 0 Å². The highest BCUT2D eigenvalue weighted by Crippen LogP contribution is 2.18. The van der Waals surface area contributed by atoms with Crippen LogP contribution in [0.5, 0.6) is 0 Å². The molecule has 2 aromatic heterocycles. The number of nitrogens with one attached hydrogen (secondary N) is 2. The van der Waals surface area contributed by atoms with Crippen molar-refractivity contribution in [2.45, 2.75) is 25.9 Å². The minimum absolute atomic E-state index is 0.151. The zero-order chi connectivity index (χ0) is 20.8. The minimum Gasteiger partial charge on any atom is -0.334 e. The number of hydrogen-bond acceptors (Lipinski definition) is 8. The van der Waals surface area contributed by atoms with Gasteiger partial charge in [-0.05, 0) is 56.2 Å². The van der Waals surface area contributed by atoms with Crippen LogP contribution in [0.2, 0.25) is 0 Å². The smallest absolute Gasteiger partial charge is 0.264 e. The number of aromatic nitrogens is 4. The third kappa shape index (κ3) is 5.32. The van der Waals surface area contributed by atoms with Gasteiger partial charge in [-0.2, -0.15) is 5.10 Å². The van der Waals surface area contributed by atoms with Gasteiger partial charge in [0.25, 0.3) is 5.95 Å². The molecule has 150 valence electrons. The van der Waals surface area contributed by atoms with Gasteiger partial charge in [0.15, 0.2) is 0 Å². The molecule has 3 rings (SSSR count). The van der Waals surface area contributed by atoms with Gasteiger partial charge in [-0.15, -0.1) is 10.2 Å². The first-order chi connectivity index (χ1) is 13.9. The number of pyridine rings is 1. The molecule has 0 saturated carbocycles. The summed E-state index contributed by atoms with van der Waals surface area (Å²) >= 11 is 1.19. The molecule has 0 aliphatic carbocycles. The SMILES string of the molecule is C/C(=N\Nc1nnc(SCC(=O)Nc2ccc(C)c(C)c2)n1N)c1ccncc1. The standard InChI is InChI=1S/C19H22N8OS/c1-12-4-5-16(10-13(12)2)22-17(28)11-29-19-26-25-18(27(19)20)24-23-14(3)15-6-8-21-9-7-15/h4-10H,11,20H2,1-3H3,(H,22,28)(H,24,25)/b23-14+. The topological polar surface area (TPSA) is 123 Å². The van der Waals surface area contributed by atoms with Crippen molar-refractivity contribution in [2.24, 2.45) is 5.10 Å². The van der Waals surface area contributed by atoms with Crippen LogP contribution >= 0.6 is 11.8 Å². The Hall–Kier alpha value is -3.40. The van der Waals surface area contributed by atoms with Crippen molar-refractivity contribution in [1.29, 1.82) is 0 Å². The first-order valence-corrected chi connectivity index (χ1v) is 9.83. The molecule has 10 heteroatoms. The Kier molecular flexibility index (Phi) is 6.45. The van der Waals surface area contributed by atoms with Crippen molar-refractivity contribution in [1.82, 2.24) is 19.9 Å². The summed E-state index contributed by atoms with van der Waals surface area (Å²) in [5, 5.41) is 15.5. The van der Waals surface area contributed by atoms with E-state index in [0.717, 1.165) is 22.5 Å². The summed E-state index contributed by atoms with van der Waals surface area (Å²) in [5.41, 5.74) is 7.52. The Balaban J connectivity index is 1.56. The number of nitrogens with two attached hydrogens (primary N) is 1. The molecule has 0 fully saturated rings. The predicted molar refractivity (Wildman–Crippen MR) is 116 cm³/mol. The average molecular weight is 411 g/mol. The van der Waals surface area contributed by atoms with E-state index in [4.69, 9.17) is 5.84 Å². The lowest BCUT2D eigenvalue weighted by Gasteiger charge is -2.07. The molecule has 0 unspecified atom stereocenters. The number of amides is 1. The number of aryl methyl sites for hydroxylation is 2. The zero-order valence-corrected chi connectivity index (χ0v) is 17.2. The van der Waals surface area contributed by atoms with E-state index in [1.165, 1.54) is 22.0 Å². The molecular formula is C19H22N8OS. The summed E-state index contributed by atoms with van der Waals surface area (Å²) in [6.07, 6.45) is 3.38. The molecule has 0 radical (unpaired) electrons. The molecule has 1 amide bonds. The van der Waals surface area contributed by atoms with Gasteiger partial charge in [0, 0.05) is 23.6 Å². The molecule has 0 aliphatic rings. The molecule has 3 aromatic rings. The lowest BCUT2D eigenvalue weighted by molar-refractivity contribution is -0.113. The Morgan fingerprint density at radius 3 is 2.66 bits per heavy atom. The van der Waals surface area contributed by atoms with Crippen LogP contribution in [0.3, 0.4) is 0 Å². The summed E-state index contributed by atoms with van der Waals surface area (Å²) in [4.78, 5) is 16.2. The van der Waals surface area contributed by atoms with Crippen LogP contribution in [-0.4, -0.2) is 37.2 Å². The molecule has 0 atom stereocenters. The molecule has 0 bridgehead atoms. The first-order valence-electron chi connectivity index (χ1n) is 8.85. The van der Waals surface area contributed by atoms with Gasteiger partial charge in [-0.3, -0.25) is 9.78 Å². The lowest BCUT2D eigenvalue weighted by Crippen LogP contribution is -2.17. The number of benzene rings is 1. The molecule has 2 heterocycles. The van der Waals surface area contributed by atoms with Crippen LogP contribution < -0.4 is 16.6 Å². The predicted octanol–water partition coefficient (Wildman–Crippen LogP) is 2.57. The number of hydrazone groups is 1. The summed E-state index contributed by atoms with van der Waals surface area (Å²) in [6, 6.07) is 9.49. The van der Waals surface area contributed by atoms with E-state index in [-0.39, 0.29) is 17.6 Å². The summed E-state index contributed by atoms with van der Waals surface area (Å²) in [6.45, 7) is 5.88. The number of thioether (sulfide) groups is 1. The van der Waals surface area contributed by atoms with Gasteiger partial charge in [0.1, 0.15) is 0 Å². The second-order valence-corrected chi connectivity index (χ2v) is 7.30. The van der Waals surface area contributed by atoms with Gasteiger partial charge in [-0.25, -0.2) is 10.1 Å². The van der Waals surface area contributed by atoms with Crippen LogP contribution in [0, 0.1) is 13.8 Å². The number of nitrogen functional groups attached to an aromatic ring is 1.